The number of nitrogens with one attached hydrogen (secondary N) is 2. The van der Waals surface area contributed by atoms with Gasteiger partial charge in [0, 0.05) is 35.4 Å². The highest BCUT2D eigenvalue weighted by Gasteiger charge is 2.26. The third-order valence-electron chi connectivity index (χ3n) is 5.11. The lowest BCUT2D eigenvalue weighted by molar-refractivity contribution is -0.123. The molecule has 0 unspecified atom stereocenters. The number of hydrogen-bond donors (Lipinski definition) is 2. The van der Waals surface area contributed by atoms with Crippen LogP contribution in [0.25, 0.3) is 0 Å². The predicted molar refractivity (Wildman–Crippen MR) is 122 cm³/mol. The van der Waals surface area contributed by atoms with Gasteiger partial charge in [0.1, 0.15) is 0 Å². The number of nitrogens with zero attached hydrogens (tertiary/aromatic N) is 1. The molecule has 2 aromatic rings. The average Bonchev–Trinajstić information content (AvgIpc) is 2.74. The third-order valence-corrected chi connectivity index (χ3v) is 7.00. The van der Waals surface area contributed by atoms with E-state index in [4.69, 9.17) is 0 Å². The predicted octanol–water partition coefficient (Wildman–Crippen LogP) is 4.10. The number of hydrogen-bond acceptors (Lipinski definition) is 4. The second-order valence-electron chi connectivity index (χ2n) is 8.73. The van der Waals surface area contributed by atoms with Gasteiger partial charge in [-0.2, -0.15) is 4.31 Å². The maximum atomic E-state index is 12.9. The van der Waals surface area contributed by atoms with Crippen molar-refractivity contribution in [2.24, 2.45) is 5.41 Å². The molecule has 3 rings (SSSR count). The van der Waals surface area contributed by atoms with Crippen LogP contribution in [0.2, 0.25) is 0 Å². The van der Waals surface area contributed by atoms with Gasteiger partial charge in [-0.05, 0) is 49.2 Å². The molecule has 0 spiro atoms. The number of piperidine rings is 1. The molecular formula is C23H29N3O4S. The van der Waals surface area contributed by atoms with Gasteiger partial charge in [-0.1, -0.05) is 39.3 Å². The fourth-order valence-corrected chi connectivity index (χ4v) is 4.81. The number of amides is 2. The lowest BCUT2D eigenvalue weighted by Gasteiger charge is -2.26. The number of carbonyl (C=O) groups excluding carboxylic acids is 2. The number of sulfonamides is 1. The van der Waals surface area contributed by atoms with Crippen LogP contribution in [0.3, 0.4) is 0 Å². The third kappa shape index (κ3) is 5.71. The zero-order valence-electron chi connectivity index (χ0n) is 18.1. The summed E-state index contributed by atoms with van der Waals surface area (Å²) in [5.74, 6) is -0.554. The first-order valence-corrected chi connectivity index (χ1v) is 11.8. The summed E-state index contributed by atoms with van der Waals surface area (Å²) in [5.41, 5.74) is 0.780. The molecule has 166 valence electrons. The standard InChI is InChI=1S/C23H29N3O4S/c1-23(2,3)22(28)25-19-11-8-10-18(16-19)24-21(27)17-9-7-12-20(15-17)31(29,30)26-13-5-4-6-14-26/h7-12,15-16H,4-6,13-14H2,1-3H3,(H,24,27)(H,25,28). The van der Waals surface area contributed by atoms with Crippen molar-refractivity contribution in [1.29, 1.82) is 0 Å². The van der Waals surface area contributed by atoms with Gasteiger partial charge in [0.15, 0.2) is 0 Å². The van der Waals surface area contributed by atoms with Crippen molar-refractivity contribution >= 4 is 33.2 Å². The molecular weight excluding hydrogens is 414 g/mol. The van der Waals surface area contributed by atoms with Crippen LogP contribution in [0.1, 0.15) is 50.4 Å². The van der Waals surface area contributed by atoms with Crippen LogP contribution in [-0.2, 0) is 14.8 Å². The Morgan fingerprint density at radius 1 is 0.871 bits per heavy atom. The summed E-state index contributed by atoms with van der Waals surface area (Å²) in [7, 11) is -3.62. The Morgan fingerprint density at radius 3 is 2.13 bits per heavy atom. The minimum atomic E-state index is -3.62. The minimum Gasteiger partial charge on any atom is -0.326 e. The van der Waals surface area contributed by atoms with Crippen LogP contribution in [0.15, 0.2) is 53.4 Å². The molecule has 1 saturated heterocycles. The van der Waals surface area contributed by atoms with Gasteiger partial charge in [-0.15, -0.1) is 0 Å². The maximum absolute atomic E-state index is 12.9. The monoisotopic (exact) mass is 443 g/mol. The van der Waals surface area contributed by atoms with E-state index < -0.39 is 21.3 Å². The first-order valence-electron chi connectivity index (χ1n) is 10.4. The van der Waals surface area contributed by atoms with E-state index in [0.717, 1.165) is 19.3 Å². The van der Waals surface area contributed by atoms with E-state index in [1.54, 1.807) is 36.4 Å². The summed E-state index contributed by atoms with van der Waals surface area (Å²) < 4.78 is 27.3. The summed E-state index contributed by atoms with van der Waals surface area (Å²) in [6.07, 6.45) is 2.73. The van der Waals surface area contributed by atoms with E-state index in [-0.39, 0.29) is 16.4 Å². The molecule has 0 saturated carbocycles. The van der Waals surface area contributed by atoms with Gasteiger partial charge in [0.05, 0.1) is 4.90 Å². The number of carbonyl (C=O) groups is 2. The van der Waals surface area contributed by atoms with Gasteiger partial charge in [0.25, 0.3) is 5.91 Å². The summed E-state index contributed by atoms with van der Waals surface area (Å²) >= 11 is 0. The second-order valence-corrected chi connectivity index (χ2v) is 10.7. The van der Waals surface area contributed by atoms with Gasteiger partial charge in [0.2, 0.25) is 15.9 Å². The van der Waals surface area contributed by atoms with E-state index in [0.29, 0.717) is 24.5 Å². The van der Waals surface area contributed by atoms with E-state index >= 15 is 0 Å². The topological polar surface area (TPSA) is 95.6 Å². The van der Waals surface area contributed by atoms with Crippen molar-refractivity contribution in [2.75, 3.05) is 23.7 Å². The Balaban J connectivity index is 1.75. The summed E-state index contributed by atoms with van der Waals surface area (Å²) in [6, 6.07) is 12.9. The fraction of sp³-hybridized carbons (Fsp3) is 0.391. The normalized spacial score (nSPS) is 15.3. The molecule has 2 aromatic carbocycles. The zero-order chi connectivity index (χ0) is 22.6. The molecule has 8 heteroatoms. The highest BCUT2D eigenvalue weighted by molar-refractivity contribution is 7.89. The van der Waals surface area contributed by atoms with Gasteiger partial charge >= 0.3 is 0 Å². The molecule has 0 aromatic heterocycles. The Labute approximate surface area is 183 Å². The molecule has 1 fully saturated rings. The molecule has 1 aliphatic heterocycles. The molecule has 7 nitrogen and oxygen atoms in total. The lowest BCUT2D eigenvalue weighted by atomic mass is 9.95. The van der Waals surface area contributed by atoms with Crippen LogP contribution >= 0.6 is 0 Å². The summed E-state index contributed by atoms with van der Waals surface area (Å²) in [5, 5.41) is 5.60. The first kappa shape index (κ1) is 23.0. The summed E-state index contributed by atoms with van der Waals surface area (Å²) in [4.78, 5) is 25.1. The minimum absolute atomic E-state index is 0.119. The largest absolute Gasteiger partial charge is 0.326 e. The number of anilines is 2. The van der Waals surface area contributed by atoms with E-state index in [1.165, 1.54) is 16.4 Å². The van der Waals surface area contributed by atoms with Crippen LogP contribution in [-0.4, -0.2) is 37.6 Å². The van der Waals surface area contributed by atoms with Gasteiger partial charge < -0.3 is 10.6 Å². The van der Waals surface area contributed by atoms with Crippen molar-refractivity contribution < 1.29 is 18.0 Å². The Bertz CT molecular complexity index is 1070. The number of rotatable bonds is 5. The molecule has 0 aliphatic carbocycles. The van der Waals surface area contributed by atoms with Crippen molar-refractivity contribution in [3.8, 4) is 0 Å². The SMILES string of the molecule is CC(C)(C)C(=O)Nc1cccc(NC(=O)c2cccc(S(=O)(=O)N3CCCCC3)c2)c1. The lowest BCUT2D eigenvalue weighted by Crippen LogP contribution is -2.35. The molecule has 1 heterocycles. The summed E-state index contributed by atoms with van der Waals surface area (Å²) in [6.45, 7) is 6.47. The molecule has 0 radical (unpaired) electrons. The van der Waals surface area contributed by atoms with E-state index in [2.05, 4.69) is 10.6 Å². The van der Waals surface area contributed by atoms with Crippen molar-refractivity contribution in [3.05, 3.63) is 54.1 Å². The molecule has 1 aliphatic rings. The fourth-order valence-electron chi connectivity index (χ4n) is 3.25. The molecule has 0 bridgehead atoms. The van der Waals surface area contributed by atoms with Gasteiger partial charge in [-0.25, -0.2) is 8.42 Å². The second kappa shape index (κ2) is 9.20. The Morgan fingerprint density at radius 2 is 1.48 bits per heavy atom. The Hall–Kier alpha value is -2.71. The molecule has 0 atom stereocenters. The smallest absolute Gasteiger partial charge is 0.255 e. The van der Waals surface area contributed by atoms with E-state index in [9.17, 15) is 18.0 Å². The maximum Gasteiger partial charge on any atom is 0.255 e. The quantitative estimate of drug-likeness (QED) is 0.727. The molecule has 31 heavy (non-hydrogen) atoms. The van der Waals surface area contributed by atoms with Crippen molar-refractivity contribution in [2.45, 2.75) is 44.9 Å². The molecule has 2 N–H and O–H groups in total. The van der Waals surface area contributed by atoms with Crippen LogP contribution in [0.4, 0.5) is 11.4 Å². The highest BCUT2D eigenvalue weighted by Crippen LogP contribution is 2.23. The average molecular weight is 444 g/mol. The van der Waals surface area contributed by atoms with Crippen molar-refractivity contribution in [1.82, 2.24) is 4.31 Å². The van der Waals surface area contributed by atoms with Crippen LogP contribution < -0.4 is 10.6 Å². The highest BCUT2D eigenvalue weighted by atomic mass is 32.2. The number of benzene rings is 2. The molecule has 2 amide bonds. The van der Waals surface area contributed by atoms with Crippen LogP contribution in [0, 0.1) is 5.41 Å². The van der Waals surface area contributed by atoms with Gasteiger partial charge in [-0.3, -0.25) is 9.59 Å². The van der Waals surface area contributed by atoms with Crippen LogP contribution in [0.5, 0.6) is 0 Å². The van der Waals surface area contributed by atoms with E-state index in [1.807, 2.05) is 20.8 Å². The van der Waals surface area contributed by atoms with Crippen molar-refractivity contribution in [3.63, 3.8) is 0 Å². The Kier molecular flexibility index (Phi) is 6.81. The first-order chi connectivity index (χ1) is 14.6. The zero-order valence-corrected chi connectivity index (χ0v) is 19.0.